The maximum atomic E-state index is 13.9. The molecule has 0 aromatic heterocycles. The van der Waals surface area contributed by atoms with Crippen molar-refractivity contribution in [2.75, 3.05) is 23.4 Å². The number of anilines is 1. The summed E-state index contributed by atoms with van der Waals surface area (Å²) >= 11 is 1.86. The molecule has 1 saturated heterocycles. The van der Waals surface area contributed by atoms with Crippen LogP contribution in [0.4, 0.5) is 10.1 Å². The number of carbonyl (C=O) groups excluding carboxylic acids is 1. The fourth-order valence-electron chi connectivity index (χ4n) is 2.26. The molecule has 1 unspecified atom stereocenters. The summed E-state index contributed by atoms with van der Waals surface area (Å²) in [6.07, 6.45) is 3.01. The van der Waals surface area contributed by atoms with E-state index in [1.54, 1.807) is 12.1 Å². The Balaban J connectivity index is 2.09. The summed E-state index contributed by atoms with van der Waals surface area (Å²) in [7, 11) is 0. The molecule has 1 aromatic carbocycles. The van der Waals surface area contributed by atoms with Crippen LogP contribution in [0.25, 0.3) is 0 Å². The molecule has 0 aliphatic carbocycles. The Morgan fingerprint density at radius 3 is 3.05 bits per heavy atom. The van der Waals surface area contributed by atoms with Crippen LogP contribution in [-0.2, 0) is 0 Å². The molecule has 1 aromatic rings. The zero-order valence-corrected chi connectivity index (χ0v) is 12.6. The average Bonchev–Trinajstić information content (AvgIpc) is 2.47. The van der Waals surface area contributed by atoms with Gasteiger partial charge in [-0.05, 0) is 37.1 Å². The molecule has 2 rings (SSSR count). The number of nitrogens with one attached hydrogen (secondary N) is 2. The van der Waals surface area contributed by atoms with Crippen molar-refractivity contribution in [1.29, 1.82) is 0 Å². The standard InChI is InChI=1S/C15H21FN2OS/c1-2-8-17-14-12(6-3-7-13(14)16)15(19)18-11-5-4-9-20-10-11/h3,6-7,11,17H,2,4-5,8-10H2,1H3,(H,18,19). The van der Waals surface area contributed by atoms with Gasteiger partial charge in [0, 0.05) is 18.3 Å². The van der Waals surface area contributed by atoms with Gasteiger partial charge in [0.2, 0.25) is 0 Å². The largest absolute Gasteiger partial charge is 0.382 e. The van der Waals surface area contributed by atoms with Crippen molar-refractivity contribution in [2.45, 2.75) is 32.2 Å². The molecule has 2 N–H and O–H groups in total. The summed E-state index contributed by atoms with van der Waals surface area (Å²) in [4.78, 5) is 12.3. The highest BCUT2D eigenvalue weighted by Gasteiger charge is 2.20. The molecule has 1 atom stereocenters. The fraction of sp³-hybridized carbons (Fsp3) is 0.533. The van der Waals surface area contributed by atoms with Crippen LogP contribution < -0.4 is 10.6 Å². The Bertz CT molecular complexity index is 461. The Morgan fingerprint density at radius 1 is 1.50 bits per heavy atom. The van der Waals surface area contributed by atoms with E-state index < -0.39 is 0 Å². The highest BCUT2D eigenvalue weighted by Crippen LogP contribution is 2.22. The van der Waals surface area contributed by atoms with Gasteiger partial charge in [0.25, 0.3) is 5.91 Å². The maximum absolute atomic E-state index is 13.9. The number of thioether (sulfide) groups is 1. The van der Waals surface area contributed by atoms with Crippen molar-refractivity contribution in [3.63, 3.8) is 0 Å². The Labute approximate surface area is 123 Å². The summed E-state index contributed by atoms with van der Waals surface area (Å²) in [5, 5.41) is 6.02. The van der Waals surface area contributed by atoms with Gasteiger partial charge < -0.3 is 10.6 Å². The zero-order valence-electron chi connectivity index (χ0n) is 11.7. The monoisotopic (exact) mass is 296 g/mol. The number of benzene rings is 1. The van der Waals surface area contributed by atoms with E-state index >= 15 is 0 Å². The van der Waals surface area contributed by atoms with Crippen molar-refractivity contribution in [3.05, 3.63) is 29.6 Å². The lowest BCUT2D eigenvalue weighted by atomic mass is 10.1. The van der Waals surface area contributed by atoms with Crippen LogP contribution in [0.3, 0.4) is 0 Å². The average molecular weight is 296 g/mol. The normalized spacial score (nSPS) is 18.6. The summed E-state index contributed by atoms with van der Waals surface area (Å²) in [6, 6.07) is 4.83. The summed E-state index contributed by atoms with van der Waals surface area (Å²) in [5.41, 5.74) is 0.712. The maximum Gasteiger partial charge on any atom is 0.253 e. The van der Waals surface area contributed by atoms with Crippen LogP contribution in [0.2, 0.25) is 0 Å². The molecule has 1 aliphatic rings. The third-order valence-corrected chi connectivity index (χ3v) is 4.52. The lowest BCUT2D eigenvalue weighted by Crippen LogP contribution is -2.38. The molecule has 0 bridgehead atoms. The Hall–Kier alpha value is -1.23. The summed E-state index contributed by atoms with van der Waals surface area (Å²) in [5.74, 6) is 1.55. The van der Waals surface area contributed by atoms with Crippen molar-refractivity contribution < 1.29 is 9.18 Å². The van der Waals surface area contributed by atoms with Gasteiger partial charge in [-0.3, -0.25) is 4.79 Å². The molecule has 3 nitrogen and oxygen atoms in total. The first kappa shape index (κ1) is 15.2. The molecular formula is C15H21FN2OS. The molecule has 1 fully saturated rings. The van der Waals surface area contributed by atoms with E-state index in [2.05, 4.69) is 10.6 Å². The van der Waals surface area contributed by atoms with E-state index in [-0.39, 0.29) is 17.8 Å². The SMILES string of the molecule is CCCNc1c(F)cccc1C(=O)NC1CCCSC1. The minimum Gasteiger partial charge on any atom is -0.382 e. The lowest BCUT2D eigenvalue weighted by Gasteiger charge is -2.23. The second-order valence-electron chi connectivity index (χ2n) is 4.98. The van der Waals surface area contributed by atoms with Crippen molar-refractivity contribution in [3.8, 4) is 0 Å². The second-order valence-corrected chi connectivity index (χ2v) is 6.13. The van der Waals surface area contributed by atoms with Gasteiger partial charge in [0.05, 0.1) is 11.3 Å². The number of hydrogen-bond acceptors (Lipinski definition) is 3. The van der Waals surface area contributed by atoms with Crippen molar-refractivity contribution in [2.24, 2.45) is 0 Å². The molecule has 5 heteroatoms. The topological polar surface area (TPSA) is 41.1 Å². The van der Waals surface area contributed by atoms with Crippen LogP contribution in [-0.4, -0.2) is 30.0 Å². The number of amides is 1. The highest BCUT2D eigenvalue weighted by molar-refractivity contribution is 7.99. The molecule has 0 spiro atoms. The lowest BCUT2D eigenvalue weighted by molar-refractivity contribution is 0.0939. The molecule has 1 heterocycles. The zero-order chi connectivity index (χ0) is 14.4. The van der Waals surface area contributed by atoms with E-state index in [4.69, 9.17) is 0 Å². The summed E-state index contributed by atoms with van der Waals surface area (Å²) < 4.78 is 13.9. The van der Waals surface area contributed by atoms with Crippen molar-refractivity contribution >= 4 is 23.4 Å². The van der Waals surface area contributed by atoms with Crippen LogP contribution in [0.5, 0.6) is 0 Å². The minimum absolute atomic E-state index is 0.185. The minimum atomic E-state index is -0.371. The molecule has 110 valence electrons. The number of para-hydroxylation sites is 1. The van der Waals surface area contributed by atoms with Gasteiger partial charge in [0.1, 0.15) is 5.82 Å². The first-order valence-corrected chi connectivity index (χ1v) is 8.29. The predicted molar refractivity (Wildman–Crippen MR) is 83.0 cm³/mol. The number of hydrogen-bond donors (Lipinski definition) is 2. The van der Waals surface area contributed by atoms with Gasteiger partial charge in [-0.2, -0.15) is 11.8 Å². The Morgan fingerprint density at radius 2 is 2.35 bits per heavy atom. The first-order chi connectivity index (χ1) is 9.72. The molecule has 0 radical (unpaired) electrons. The fourth-order valence-corrected chi connectivity index (χ4v) is 3.33. The number of carbonyl (C=O) groups is 1. The van der Waals surface area contributed by atoms with Crippen molar-refractivity contribution in [1.82, 2.24) is 5.32 Å². The van der Waals surface area contributed by atoms with E-state index in [9.17, 15) is 9.18 Å². The van der Waals surface area contributed by atoms with Crippen LogP contribution >= 0.6 is 11.8 Å². The predicted octanol–water partition coefficient (Wildman–Crippen LogP) is 3.27. The second kappa shape index (κ2) is 7.53. The third kappa shape index (κ3) is 3.88. The van der Waals surface area contributed by atoms with Crippen LogP contribution in [0.15, 0.2) is 18.2 Å². The molecule has 1 amide bonds. The van der Waals surface area contributed by atoms with Gasteiger partial charge >= 0.3 is 0 Å². The van der Waals surface area contributed by atoms with Gasteiger partial charge in [0.15, 0.2) is 0 Å². The van der Waals surface area contributed by atoms with Gasteiger partial charge in [-0.25, -0.2) is 4.39 Å². The van der Waals surface area contributed by atoms with Gasteiger partial charge in [-0.1, -0.05) is 13.0 Å². The summed E-state index contributed by atoms with van der Waals surface area (Å²) in [6.45, 7) is 2.66. The first-order valence-electron chi connectivity index (χ1n) is 7.13. The van der Waals surface area contributed by atoms with E-state index in [1.807, 2.05) is 18.7 Å². The van der Waals surface area contributed by atoms with E-state index in [0.29, 0.717) is 17.8 Å². The Kier molecular flexibility index (Phi) is 5.71. The number of rotatable bonds is 5. The van der Waals surface area contributed by atoms with Gasteiger partial charge in [-0.15, -0.1) is 0 Å². The quantitative estimate of drug-likeness (QED) is 0.876. The highest BCUT2D eigenvalue weighted by atomic mass is 32.2. The third-order valence-electron chi connectivity index (χ3n) is 3.31. The number of halogens is 1. The van der Waals surface area contributed by atoms with Crippen LogP contribution in [0, 0.1) is 5.82 Å². The molecule has 0 saturated carbocycles. The smallest absolute Gasteiger partial charge is 0.253 e. The van der Waals surface area contributed by atoms with Crippen LogP contribution in [0.1, 0.15) is 36.5 Å². The van der Waals surface area contributed by atoms with E-state index in [0.717, 1.165) is 30.8 Å². The molecule has 1 aliphatic heterocycles. The van der Waals surface area contributed by atoms with E-state index in [1.165, 1.54) is 6.07 Å². The molecular weight excluding hydrogens is 275 g/mol. The molecule has 20 heavy (non-hydrogen) atoms.